The van der Waals surface area contributed by atoms with E-state index in [-0.39, 0.29) is 0 Å². The molecule has 8 aromatic carbocycles. The van der Waals surface area contributed by atoms with Crippen LogP contribution in [0.1, 0.15) is 22.3 Å². The molecule has 0 amide bonds. The van der Waals surface area contributed by atoms with Crippen molar-refractivity contribution >= 4 is 10.9 Å². The molecule has 9 aromatic rings. The van der Waals surface area contributed by atoms with Gasteiger partial charge in [-0.3, -0.25) is 0 Å². The zero-order valence-electron chi connectivity index (χ0n) is 29.7. The van der Waals surface area contributed by atoms with E-state index in [1.54, 1.807) is 0 Å². The zero-order chi connectivity index (χ0) is 36.3. The first-order valence-electron chi connectivity index (χ1n) is 18.6. The first-order chi connectivity index (χ1) is 27.2. The molecule has 0 bridgehead atoms. The van der Waals surface area contributed by atoms with E-state index in [1.807, 2.05) is 42.5 Å². The van der Waals surface area contributed by atoms with Gasteiger partial charge in [0.05, 0.1) is 16.6 Å². The van der Waals surface area contributed by atoms with Crippen LogP contribution in [0.2, 0.25) is 0 Å². The van der Waals surface area contributed by atoms with E-state index in [0.29, 0.717) is 28.8 Å². The van der Waals surface area contributed by atoms with Crippen molar-refractivity contribution in [1.29, 1.82) is 0 Å². The number of ether oxygens (including phenoxy) is 2. The zero-order valence-corrected chi connectivity index (χ0v) is 29.7. The summed E-state index contributed by atoms with van der Waals surface area (Å²) in [6.07, 6.45) is 0. The number of rotatable bonds is 5. The monoisotopic (exact) mass is 704 g/mol. The number of aromatic nitrogens is 2. The minimum absolute atomic E-state index is 0.614. The van der Waals surface area contributed by atoms with Crippen LogP contribution >= 0.6 is 0 Å². The fraction of sp³-hybridized carbons (Fsp3) is 0.0196. The predicted octanol–water partition coefficient (Wildman–Crippen LogP) is 12.9. The molecule has 0 fully saturated rings. The summed E-state index contributed by atoms with van der Waals surface area (Å²) in [5, 5.41) is 1.02. The summed E-state index contributed by atoms with van der Waals surface area (Å²) >= 11 is 0. The highest BCUT2D eigenvalue weighted by atomic mass is 16.6. The summed E-state index contributed by atoms with van der Waals surface area (Å²) in [5.74, 6) is 3.51. The van der Waals surface area contributed by atoms with Crippen LogP contribution in [-0.4, -0.2) is 9.97 Å². The average Bonchev–Trinajstić information content (AvgIpc) is 3.56. The first-order valence-corrected chi connectivity index (χ1v) is 18.6. The lowest BCUT2D eigenvalue weighted by Gasteiger charge is -2.34. The molecule has 55 heavy (non-hydrogen) atoms. The summed E-state index contributed by atoms with van der Waals surface area (Å²) in [5.41, 5.74) is 12.7. The molecule has 0 saturated carbocycles. The quantitative estimate of drug-likeness (QED) is 0.179. The molecule has 0 atom stereocenters. The molecule has 1 aliphatic heterocycles. The lowest BCUT2D eigenvalue weighted by Crippen LogP contribution is -2.28. The third kappa shape index (κ3) is 4.92. The van der Waals surface area contributed by atoms with Gasteiger partial charge >= 0.3 is 0 Å². The molecule has 2 aliphatic rings. The van der Waals surface area contributed by atoms with Crippen LogP contribution in [0, 0.1) is 0 Å². The summed E-state index contributed by atoms with van der Waals surface area (Å²) in [4.78, 5) is 10.3. The van der Waals surface area contributed by atoms with Crippen LogP contribution in [0.4, 0.5) is 0 Å². The number of hydrogen-bond donors (Lipinski definition) is 0. The second-order valence-electron chi connectivity index (χ2n) is 14.1. The van der Waals surface area contributed by atoms with Gasteiger partial charge in [0.2, 0.25) is 0 Å². The van der Waals surface area contributed by atoms with E-state index < -0.39 is 5.41 Å². The first kappa shape index (κ1) is 31.2. The van der Waals surface area contributed by atoms with Gasteiger partial charge in [-0.25, -0.2) is 9.97 Å². The van der Waals surface area contributed by atoms with E-state index in [4.69, 9.17) is 19.4 Å². The van der Waals surface area contributed by atoms with Gasteiger partial charge in [0.15, 0.2) is 28.8 Å². The van der Waals surface area contributed by atoms with E-state index in [1.165, 1.54) is 33.4 Å². The Balaban J connectivity index is 1.05. The SMILES string of the molecule is c1ccc(-c2ccc(-c3nc(-c4ccc(C5(c6ccc7c(c6)Oc6ccccc6O7)c6ccccc6-c6ccccc65)cc4)nc4ccccc34)cc2)cc1. The summed E-state index contributed by atoms with van der Waals surface area (Å²) in [7, 11) is 0. The fourth-order valence-electron chi connectivity index (χ4n) is 8.53. The van der Waals surface area contributed by atoms with Crippen molar-refractivity contribution in [3.8, 4) is 67.9 Å². The number of hydrogen-bond acceptors (Lipinski definition) is 4. The van der Waals surface area contributed by atoms with Gasteiger partial charge in [0.25, 0.3) is 0 Å². The maximum absolute atomic E-state index is 6.48. The minimum Gasteiger partial charge on any atom is -0.450 e. The molecule has 0 radical (unpaired) electrons. The molecule has 4 nitrogen and oxygen atoms in total. The van der Waals surface area contributed by atoms with Crippen LogP contribution in [0.3, 0.4) is 0 Å². The lowest BCUT2D eigenvalue weighted by atomic mass is 9.67. The smallest absolute Gasteiger partial charge is 0.170 e. The molecule has 1 aliphatic carbocycles. The number of benzene rings is 8. The second kappa shape index (κ2) is 12.4. The van der Waals surface area contributed by atoms with Crippen LogP contribution in [0.25, 0.3) is 55.8 Å². The van der Waals surface area contributed by atoms with Crippen LogP contribution < -0.4 is 9.47 Å². The van der Waals surface area contributed by atoms with Crippen molar-refractivity contribution in [2.75, 3.05) is 0 Å². The highest BCUT2D eigenvalue weighted by Gasteiger charge is 2.46. The normalized spacial score (nSPS) is 13.2. The van der Waals surface area contributed by atoms with Gasteiger partial charge in [-0.1, -0.05) is 164 Å². The fourth-order valence-corrected chi connectivity index (χ4v) is 8.53. The van der Waals surface area contributed by atoms with E-state index in [0.717, 1.165) is 38.9 Å². The summed E-state index contributed by atoms with van der Waals surface area (Å²) < 4.78 is 12.8. The Kier molecular flexibility index (Phi) is 7.04. The molecule has 1 aromatic heterocycles. The molecular formula is C51H32N2O2. The standard InChI is InChI=1S/C51H32N2O2/c1-2-12-33(13-3-1)34-22-24-35(25-23-34)49-41-16-6-9-19-44(41)52-50(53-49)36-26-28-37(29-27-36)51(42-17-7-4-14-39(42)40-15-5-8-18-43(40)51)38-30-31-47-48(32-38)55-46-21-11-10-20-45(46)54-47/h1-32H. The molecule has 0 unspecified atom stereocenters. The lowest BCUT2D eigenvalue weighted by molar-refractivity contribution is 0.359. The van der Waals surface area contributed by atoms with Crippen molar-refractivity contribution in [3.05, 3.63) is 216 Å². The molecule has 0 N–H and O–H groups in total. The summed E-state index contributed by atoms with van der Waals surface area (Å²) in [6.45, 7) is 0. The summed E-state index contributed by atoms with van der Waals surface area (Å²) in [6, 6.07) is 67.9. The van der Waals surface area contributed by atoms with Crippen LogP contribution in [-0.2, 0) is 5.41 Å². The van der Waals surface area contributed by atoms with Gasteiger partial charge in [-0.2, -0.15) is 0 Å². The molecule has 11 rings (SSSR count). The Bertz CT molecular complexity index is 2870. The molecule has 4 heteroatoms. The van der Waals surface area contributed by atoms with E-state index in [9.17, 15) is 0 Å². The van der Waals surface area contributed by atoms with E-state index in [2.05, 4.69) is 152 Å². The Morgan fingerprint density at radius 1 is 0.364 bits per heavy atom. The van der Waals surface area contributed by atoms with Crippen molar-refractivity contribution in [2.45, 2.75) is 5.41 Å². The van der Waals surface area contributed by atoms with Gasteiger partial charge in [-0.15, -0.1) is 0 Å². The van der Waals surface area contributed by atoms with E-state index >= 15 is 0 Å². The highest BCUT2D eigenvalue weighted by Crippen LogP contribution is 2.57. The van der Waals surface area contributed by atoms with Gasteiger partial charge in [-0.05, 0) is 74.8 Å². The number of fused-ring (bicyclic) bond motifs is 6. The van der Waals surface area contributed by atoms with Gasteiger partial charge < -0.3 is 9.47 Å². The van der Waals surface area contributed by atoms with Gasteiger partial charge in [0, 0.05) is 16.5 Å². The Morgan fingerprint density at radius 3 is 1.62 bits per heavy atom. The molecule has 2 heterocycles. The average molecular weight is 705 g/mol. The Labute approximate surface area is 319 Å². The largest absolute Gasteiger partial charge is 0.450 e. The van der Waals surface area contributed by atoms with Crippen molar-refractivity contribution < 1.29 is 9.47 Å². The van der Waals surface area contributed by atoms with Crippen molar-refractivity contribution in [1.82, 2.24) is 9.97 Å². The van der Waals surface area contributed by atoms with Crippen LogP contribution in [0.5, 0.6) is 23.0 Å². The molecule has 258 valence electrons. The molecular weight excluding hydrogens is 673 g/mol. The maximum atomic E-state index is 6.48. The predicted molar refractivity (Wildman–Crippen MR) is 220 cm³/mol. The second-order valence-corrected chi connectivity index (χ2v) is 14.1. The Hall–Kier alpha value is -7.30. The van der Waals surface area contributed by atoms with Gasteiger partial charge in [0.1, 0.15) is 0 Å². The topological polar surface area (TPSA) is 44.2 Å². The van der Waals surface area contributed by atoms with Crippen molar-refractivity contribution in [2.24, 2.45) is 0 Å². The minimum atomic E-state index is -0.614. The maximum Gasteiger partial charge on any atom is 0.170 e. The molecule has 0 saturated heterocycles. The third-order valence-electron chi connectivity index (χ3n) is 11.1. The van der Waals surface area contributed by atoms with Crippen molar-refractivity contribution in [3.63, 3.8) is 0 Å². The third-order valence-corrected chi connectivity index (χ3v) is 11.1. The highest BCUT2D eigenvalue weighted by molar-refractivity contribution is 5.94. The number of nitrogens with zero attached hydrogens (tertiary/aromatic N) is 2. The van der Waals surface area contributed by atoms with Crippen LogP contribution in [0.15, 0.2) is 194 Å². The Morgan fingerprint density at radius 2 is 0.891 bits per heavy atom. The number of para-hydroxylation sites is 3. The molecule has 0 spiro atoms.